The SMILES string of the molecule is CC1CC=CC2CC=CC(N)C12. The Morgan fingerprint density at radius 1 is 1.17 bits per heavy atom. The molecule has 2 rings (SSSR count). The van der Waals surface area contributed by atoms with Crippen molar-refractivity contribution >= 4 is 0 Å². The van der Waals surface area contributed by atoms with Crippen LogP contribution in [0.4, 0.5) is 0 Å². The largest absolute Gasteiger partial charge is 0.324 e. The maximum absolute atomic E-state index is 6.06. The normalized spacial score (nSPS) is 45.8. The first-order chi connectivity index (χ1) is 5.79. The lowest BCUT2D eigenvalue weighted by molar-refractivity contribution is 0.233. The number of allylic oxidation sites excluding steroid dienone is 3. The van der Waals surface area contributed by atoms with Crippen molar-refractivity contribution in [3.63, 3.8) is 0 Å². The Kier molecular flexibility index (Phi) is 2.05. The van der Waals surface area contributed by atoms with Crippen LogP contribution in [-0.2, 0) is 0 Å². The highest BCUT2D eigenvalue weighted by Crippen LogP contribution is 2.36. The Hall–Kier alpha value is -0.560. The maximum atomic E-state index is 6.06. The van der Waals surface area contributed by atoms with Crippen molar-refractivity contribution < 1.29 is 0 Å². The minimum absolute atomic E-state index is 0.295. The van der Waals surface area contributed by atoms with Crippen molar-refractivity contribution in [3.8, 4) is 0 Å². The van der Waals surface area contributed by atoms with Gasteiger partial charge in [0.1, 0.15) is 0 Å². The lowest BCUT2D eigenvalue weighted by Crippen LogP contribution is -2.40. The molecule has 0 spiro atoms. The van der Waals surface area contributed by atoms with Gasteiger partial charge in [0.05, 0.1) is 0 Å². The molecule has 66 valence electrons. The molecule has 0 fully saturated rings. The molecule has 0 radical (unpaired) electrons. The van der Waals surface area contributed by atoms with Crippen molar-refractivity contribution in [2.45, 2.75) is 25.8 Å². The molecule has 0 saturated heterocycles. The molecule has 0 aliphatic heterocycles. The van der Waals surface area contributed by atoms with Gasteiger partial charge in [-0.2, -0.15) is 0 Å². The van der Waals surface area contributed by atoms with Gasteiger partial charge < -0.3 is 5.73 Å². The van der Waals surface area contributed by atoms with Crippen LogP contribution in [0.3, 0.4) is 0 Å². The molecule has 0 aromatic carbocycles. The third kappa shape index (κ3) is 1.22. The third-order valence-electron chi connectivity index (χ3n) is 3.25. The summed E-state index contributed by atoms with van der Waals surface area (Å²) >= 11 is 0. The van der Waals surface area contributed by atoms with E-state index in [1.54, 1.807) is 0 Å². The predicted molar refractivity (Wildman–Crippen MR) is 51.6 cm³/mol. The topological polar surface area (TPSA) is 26.0 Å². The van der Waals surface area contributed by atoms with E-state index in [0.717, 1.165) is 5.92 Å². The van der Waals surface area contributed by atoms with Gasteiger partial charge in [-0.05, 0) is 30.6 Å². The van der Waals surface area contributed by atoms with Gasteiger partial charge in [-0.1, -0.05) is 31.2 Å². The predicted octanol–water partition coefficient (Wildman–Crippen LogP) is 2.10. The summed E-state index contributed by atoms with van der Waals surface area (Å²) in [4.78, 5) is 0. The highest BCUT2D eigenvalue weighted by molar-refractivity contribution is 5.12. The van der Waals surface area contributed by atoms with Gasteiger partial charge in [-0.15, -0.1) is 0 Å². The first-order valence-electron chi connectivity index (χ1n) is 4.88. The van der Waals surface area contributed by atoms with Crippen LogP contribution in [0.2, 0.25) is 0 Å². The fourth-order valence-corrected chi connectivity index (χ4v) is 2.60. The lowest BCUT2D eigenvalue weighted by atomic mass is 9.69. The van der Waals surface area contributed by atoms with Crippen molar-refractivity contribution in [1.29, 1.82) is 0 Å². The molecule has 0 amide bonds. The Morgan fingerprint density at radius 2 is 1.92 bits per heavy atom. The van der Waals surface area contributed by atoms with E-state index in [4.69, 9.17) is 5.73 Å². The minimum Gasteiger partial charge on any atom is -0.324 e. The second-order valence-electron chi connectivity index (χ2n) is 4.12. The molecule has 4 unspecified atom stereocenters. The monoisotopic (exact) mass is 163 g/mol. The zero-order valence-corrected chi connectivity index (χ0v) is 7.61. The fraction of sp³-hybridized carbons (Fsp3) is 0.636. The van der Waals surface area contributed by atoms with E-state index >= 15 is 0 Å². The van der Waals surface area contributed by atoms with Crippen molar-refractivity contribution in [2.75, 3.05) is 0 Å². The lowest BCUT2D eigenvalue weighted by Gasteiger charge is -2.38. The summed E-state index contributed by atoms with van der Waals surface area (Å²) in [5.74, 6) is 2.17. The van der Waals surface area contributed by atoms with Gasteiger partial charge in [0, 0.05) is 6.04 Å². The highest BCUT2D eigenvalue weighted by atomic mass is 14.7. The van der Waals surface area contributed by atoms with Crippen molar-refractivity contribution in [1.82, 2.24) is 0 Å². The summed E-state index contributed by atoms with van der Waals surface area (Å²) in [6, 6.07) is 0.295. The molecule has 2 aliphatic rings. The second kappa shape index (κ2) is 3.06. The van der Waals surface area contributed by atoms with Gasteiger partial charge in [-0.25, -0.2) is 0 Å². The van der Waals surface area contributed by atoms with Crippen LogP contribution < -0.4 is 5.73 Å². The number of nitrogens with two attached hydrogens (primary N) is 1. The molecule has 1 heteroatoms. The number of hydrogen-bond donors (Lipinski definition) is 1. The molecule has 0 bridgehead atoms. The minimum atomic E-state index is 0.295. The van der Waals surface area contributed by atoms with E-state index in [1.807, 2.05) is 0 Å². The van der Waals surface area contributed by atoms with Crippen molar-refractivity contribution in [3.05, 3.63) is 24.3 Å². The van der Waals surface area contributed by atoms with Crippen LogP contribution in [0.1, 0.15) is 19.8 Å². The number of fused-ring (bicyclic) bond motifs is 1. The van der Waals surface area contributed by atoms with Gasteiger partial charge in [0.15, 0.2) is 0 Å². The van der Waals surface area contributed by atoms with Crippen LogP contribution in [-0.4, -0.2) is 6.04 Å². The first kappa shape index (κ1) is 8.06. The molecule has 0 heterocycles. The standard InChI is InChI=1S/C11H17N/c1-8-4-2-5-9-6-3-7-10(12)11(8)9/h2-3,5,7-11H,4,6,12H2,1H3. The summed E-state index contributed by atoms with van der Waals surface area (Å²) in [6.07, 6.45) is 11.5. The van der Waals surface area contributed by atoms with E-state index in [0.29, 0.717) is 17.9 Å². The maximum Gasteiger partial charge on any atom is 0.0260 e. The summed E-state index contributed by atoms with van der Waals surface area (Å²) < 4.78 is 0. The zero-order valence-electron chi connectivity index (χ0n) is 7.61. The molecule has 0 aromatic rings. The van der Waals surface area contributed by atoms with E-state index in [1.165, 1.54) is 12.8 Å². The number of hydrogen-bond acceptors (Lipinski definition) is 1. The van der Waals surface area contributed by atoms with Crippen molar-refractivity contribution in [2.24, 2.45) is 23.5 Å². The molecule has 2 N–H and O–H groups in total. The zero-order chi connectivity index (χ0) is 8.55. The van der Waals surface area contributed by atoms with Gasteiger partial charge in [0.25, 0.3) is 0 Å². The average molecular weight is 163 g/mol. The average Bonchev–Trinajstić information content (AvgIpc) is 2.04. The Labute approximate surface area is 74.3 Å². The summed E-state index contributed by atoms with van der Waals surface area (Å²) in [7, 11) is 0. The highest BCUT2D eigenvalue weighted by Gasteiger charge is 2.32. The molecule has 1 nitrogen and oxygen atoms in total. The second-order valence-corrected chi connectivity index (χ2v) is 4.12. The van der Waals surface area contributed by atoms with Crippen LogP contribution in [0.25, 0.3) is 0 Å². The Balaban J connectivity index is 2.23. The van der Waals surface area contributed by atoms with Crippen LogP contribution in [0.15, 0.2) is 24.3 Å². The van der Waals surface area contributed by atoms with Gasteiger partial charge >= 0.3 is 0 Å². The molecule has 12 heavy (non-hydrogen) atoms. The quantitative estimate of drug-likeness (QED) is 0.544. The molecular formula is C11H17N. The van der Waals surface area contributed by atoms with E-state index in [-0.39, 0.29) is 0 Å². The summed E-state index contributed by atoms with van der Waals surface area (Å²) in [6.45, 7) is 2.32. The number of rotatable bonds is 0. The van der Waals surface area contributed by atoms with Gasteiger partial charge in [0.2, 0.25) is 0 Å². The Morgan fingerprint density at radius 3 is 2.67 bits per heavy atom. The smallest absolute Gasteiger partial charge is 0.0260 e. The molecular weight excluding hydrogens is 146 g/mol. The van der Waals surface area contributed by atoms with Crippen LogP contribution in [0, 0.1) is 17.8 Å². The summed E-state index contributed by atoms with van der Waals surface area (Å²) in [5.41, 5.74) is 6.06. The van der Waals surface area contributed by atoms with Crippen LogP contribution in [0.5, 0.6) is 0 Å². The fourth-order valence-electron chi connectivity index (χ4n) is 2.60. The molecule has 0 aromatic heterocycles. The van der Waals surface area contributed by atoms with E-state index in [9.17, 15) is 0 Å². The summed E-state index contributed by atoms with van der Waals surface area (Å²) in [5, 5.41) is 0. The molecule has 2 aliphatic carbocycles. The van der Waals surface area contributed by atoms with Crippen LogP contribution >= 0.6 is 0 Å². The van der Waals surface area contributed by atoms with E-state index in [2.05, 4.69) is 31.2 Å². The van der Waals surface area contributed by atoms with E-state index < -0.39 is 0 Å². The Bertz CT molecular complexity index is 217. The molecule has 0 saturated carbocycles. The van der Waals surface area contributed by atoms with Gasteiger partial charge in [-0.3, -0.25) is 0 Å². The third-order valence-corrected chi connectivity index (χ3v) is 3.25. The first-order valence-corrected chi connectivity index (χ1v) is 4.88. The molecule has 4 atom stereocenters.